The molecule has 0 aromatic heterocycles. The van der Waals surface area contributed by atoms with Crippen molar-refractivity contribution in [3.8, 4) is 5.75 Å². The van der Waals surface area contributed by atoms with E-state index in [2.05, 4.69) is 10.6 Å². The fourth-order valence-corrected chi connectivity index (χ4v) is 2.17. The van der Waals surface area contributed by atoms with Crippen LogP contribution in [0.1, 0.15) is 28.8 Å². The van der Waals surface area contributed by atoms with Gasteiger partial charge in [0.2, 0.25) is 0 Å². The summed E-state index contributed by atoms with van der Waals surface area (Å²) < 4.78 is 0. The van der Waals surface area contributed by atoms with Crippen LogP contribution in [-0.2, 0) is 6.54 Å². The summed E-state index contributed by atoms with van der Waals surface area (Å²) in [6.45, 7) is 0.810. The Kier molecular flexibility index (Phi) is 3.88. The molecule has 2 aromatic carbocycles. The van der Waals surface area contributed by atoms with E-state index in [0.717, 1.165) is 17.8 Å². The van der Waals surface area contributed by atoms with Gasteiger partial charge in [-0.25, -0.2) is 0 Å². The number of hydrogen-bond donors (Lipinski definition) is 3. The highest BCUT2D eigenvalue weighted by atomic mass is 16.3. The monoisotopic (exact) mass is 282 g/mol. The second-order valence-corrected chi connectivity index (χ2v) is 5.33. The SMILES string of the molecule is O=C(Nc1cccc(CNC2CC2)c1)c1ccccc1O. The van der Waals surface area contributed by atoms with Gasteiger partial charge in [-0.1, -0.05) is 24.3 Å². The standard InChI is InChI=1S/C17H18N2O2/c20-16-7-2-1-6-15(16)17(21)19-14-5-3-4-12(10-14)11-18-13-8-9-13/h1-7,10,13,18,20H,8-9,11H2,(H,19,21). The van der Waals surface area contributed by atoms with Crippen molar-refractivity contribution >= 4 is 11.6 Å². The number of phenolic OH excluding ortho intramolecular Hbond substituents is 1. The molecule has 1 saturated carbocycles. The van der Waals surface area contributed by atoms with E-state index in [1.165, 1.54) is 18.9 Å². The Balaban J connectivity index is 1.67. The molecule has 0 atom stereocenters. The van der Waals surface area contributed by atoms with Crippen LogP contribution in [0.2, 0.25) is 0 Å². The van der Waals surface area contributed by atoms with E-state index in [4.69, 9.17) is 0 Å². The molecule has 3 rings (SSSR count). The molecule has 0 radical (unpaired) electrons. The maximum Gasteiger partial charge on any atom is 0.259 e. The van der Waals surface area contributed by atoms with E-state index in [0.29, 0.717) is 6.04 Å². The highest BCUT2D eigenvalue weighted by Gasteiger charge is 2.19. The number of rotatable bonds is 5. The first-order valence-corrected chi connectivity index (χ1v) is 7.14. The van der Waals surface area contributed by atoms with Crippen molar-refractivity contribution in [1.82, 2.24) is 5.32 Å². The van der Waals surface area contributed by atoms with Gasteiger partial charge < -0.3 is 15.7 Å². The summed E-state index contributed by atoms with van der Waals surface area (Å²) in [5.74, 6) is -0.318. The summed E-state index contributed by atoms with van der Waals surface area (Å²) in [7, 11) is 0. The van der Waals surface area contributed by atoms with E-state index >= 15 is 0 Å². The average Bonchev–Trinajstić information content (AvgIpc) is 3.30. The van der Waals surface area contributed by atoms with Crippen molar-refractivity contribution in [3.05, 3.63) is 59.7 Å². The molecule has 1 amide bonds. The number of nitrogens with one attached hydrogen (secondary N) is 2. The van der Waals surface area contributed by atoms with Crippen LogP contribution in [0.15, 0.2) is 48.5 Å². The first-order chi connectivity index (χ1) is 10.2. The van der Waals surface area contributed by atoms with Gasteiger partial charge in [-0.15, -0.1) is 0 Å². The van der Waals surface area contributed by atoms with Crippen LogP contribution in [0, 0.1) is 0 Å². The molecule has 0 unspecified atom stereocenters. The minimum atomic E-state index is -0.305. The summed E-state index contributed by atoms with van der Waals surface area (Å²) >= 11 is 0. The predicted octanol–water partition coefficient (Wildman–Crippen LogP) is 2.90. The number of amides is 1. The molecule has 21 heavy (non-hydrogen) atoms. The zero-order valence-electron chi connectivity index (χ0n) is 11.7. The predicted molar refractivity (Wildman–Crippen MR) is 82.4 cm³/mol. The van der Waals surface area contributed by atoms with Crippen LogP contribution in [-0.4, -0.2) is 17.1 Å². The van der Waals surface area contributed by atoms with Crippen LogP contribution in [0.3, 0.4) is 0 Å². The molecule has 4 nitrogen and oxygen atoms in total. The molecule has 0 spiro atoms. The fraction of sp³-hybridized carbons (Fsp3) is 0.235. The van der Waals surface area contributed by atoms with Crippen LogP contribution >= 0.6 is 0 Å². The number of carbonyl (C=O) groups excluding carboxylic acids is 1. The average molecular weight is 282 g/mol. The number of anilines is 1. The van der Waals surface area contributed by atoms with E-state index < -0.39 is 0 Å². The summed E-state index contributed by atoms with van der Waals surface area (Å²) in [5.41, 5.74) is 2.15. The minimum absolute atomic E-state index is 0.0124. The Morgan fingerprint density at radius 3 is 2.71 bits per heavy atom. The lowest BCUT2D eigenvalue weighted by Crippen LogP contribution is -2.16. The number of phenols is 1. The van der Waals surface area contributed by atoms with Crippen LogP contribution in [0.5, 0.6) is 5.75 Å². The van der Waals surface area contributed by atoms with Gasteiger partial charge in [0.15, 0.2) is 0 Å². The number of hydrogen-bond acceptors (Lipinski definition) is 3. The molecule has 3 N–H and O–H groups in total. The van der Waals surface area contributed by atoms with Crippen molar-refractivity contribution in [3.63, 3.8) is 0 Å². The van der Waals surface area contributed by atoms with Gasteiger partial charge in [0.25, 0.3) is 5.91 Å². The Labute approximate surface area is 123 Å². The first-order valence-electron chi connectivity index (χ1n) is 7.14. The zero-order chi connectivity index (χ0) is 14.7. The molecule has 1 fully saturated rings. The van der Waals surface area contributed by atoms with Crippen molar-refractivity contribution in [1.29, 1.82) is 0 Å². The van der Waals surface area contributed by atoms with E-state index in [1.807, 2.05) is 24.3 Å². The lowest BCUT2D eigenvalue weighted by atomic mass is 10.1. The van der Waals surface area contributed by atoms with Crippen molar-refractivity contribution in [2.45, 2.75) is 25.4 Å². The highest BCUT2D eigenvalue weighted by Crippen LogP contribution is 2.21. The molecule has 1 aliphatic carbocycles. The van der Waals surface area contributed by atoms with Crippen LogP contribution in [0.25, 0.3) is 0 Å². The number of benzene rings is 2. The summed E-state index contributed by atoms with van der Waals surface area (Å²) in [4.78, 5) is 12.1. The largest absolute Gasteiger partial charge is 0.507 e. The minimum Gasteiger partial charge on any atom is -0.507 e. The number of para-hydroxylation sites is 1. The normalized spacial score (nSPS) is 13.9. The molecule has 108 valence electrons. The quantitative estimate of drug-likeness (QED) is 0.790. The van der Waals surface area contributed by atoms with Crippen molar-refractivity contribution in [2.24, 2.45) is 0 Å². The third-order valence-electron chi connectivity index (χ3n) is 3.51. The smallest absolute Gasteiger partial charge is 0.259 e. The summed E-state index contributed by atoms with van der Waals surface area (Å²) in [6.07, 6.45) is 2.51. The zero-order valence-corrected chi connectivity index (χ0v) is 11.7. The molecular weight excluding hydrogens is 264 g/mol. The van der Waals surface area contributed by atoms with Gasteiger partial charge in [-0.2, -0.15) is 0 Å². The Morgan fingerprint density at radius 1 is 1.14 bits per heavy atom. The van der Waals surface area contributed by atoms with Gasteiger partial charge in [-0.3, -0.25) is 4.79 Å². The van der Waals surface area contributed by atoms with Crippen molar-refractivity contribution in [2.75, 3.05) is 5.32 Å². The van der Waals surface area contributed by atoms with E-state index in [9.17, 15) is 9.90 Å². The van der Waals surface area contributed by atoms with E-state index in [-0.39, 0.29) is 17.2 Å². The van der Waals surface area contributed by atoms with E-state index in [1.54, 1.807) is 18.2 Å². The second-order valence-electron chi connectivity index (χ2n) is 5.33. The molecule has 1 aliphatic rings. The summed E-state index contributed by atoms with van der Waals surface area (Å²) in [6, 6.07) is 14.9. The lowest BCUT2D eigenvalue weighted by molar-refractivity contribution is 0.102. The molecule has 0 bridgehead atoms. The molecular formula is C17H18N2O2. The Morgan fingerprint density at radius 2 is 1.95 bits per heavy atom. The van der Waals surface area contributed by atoms with Gasteiger partial charge >= 0.3 is 0 Å². The summed E-state index contributed by atoms with van der Waals surface area (Å²) in [5, 5.41) is 16.0. The Hall–Kier alpha value is -2.33. The first kappa shape index (κ1) is 13.6. The third-order valence-corrected chi connectivity index (χ3v) is 3.51. The second kappa shape index (κ2) is 5.97. The maximum absolute atomic E-state index is 12.1. The Bertz CT molecular complexity index is 651. The topological polar surface area (TPSA) is 61.4 Å². The molecule has 0 saturated heterocycles. The fourth-order valence-electron chi connectivity index (χ4n) is 2.17. The molecule has 0 aliphatic heterocycles. The lowest BCUT2D eigenvalue weighted by Gasteiger charge is -2.09. The van der Waals surface area contributed by atoms with Gasteiger partial charge in [0, 0.05) is 18.3 Å². The third kappa shape index (κ3) is 3.61. The van der Waals surface area contributed by atoms with Crippen LogP contribution < -0.4 is 10.6 Å². The molecule has 2 aromatic rings. The molecule has 4 heteroatoms. The maximum atomic E-state index is 12.1. The van der Waals surface area contributed by atoms with Gasteiger partial charge in [-0.05, 0) is 42.7 Å². The number of carbonyl (C=O) groups is 1. The van der Waals surface area contributed by atoms with Gasteiger partial charge in [0.1, 0.15) is 5.75 Å². The number of aromatic hydroxyl groups is 1. The van der Waals surface area contributed by atoms with Gasteiger partial charge in [0.05, 0.1) is 5.56 Å². The van der Waals surface area contributed by atoms with Crippen molar-refractivity contribution < 1.29 is 9.90 Å². The van der Waals surface area contributed by atoms with Crippen LogP contribution in [0.4, 0.5) is 5.69 Å². The highest BCUT2D eigenvalue weighted by molar-refractivity contribution is 6.06. The molecule has 0 heterocycles.